The van der Waals surface area contributed by atoms with Crippen LogP contribution in [0, 0.1) is 13.8 Å². The summed E-state index contributed by atoms with van der Waals surface area (Å²) in [7, 11) is 0. The number of hydrogen-bond donors (Lipinski definition) is 1. The molecule has 8 nitrogen and oxygen atoms in total. The second kappa shape index (κ2) is 8.16. The van der Waals surface area contributed by atoms with Crippen LogP contribution in [0.15, 0.2) is 39.8 Å². The van der Waals surface area contributed by atoms with Crippen molar-refractivity contribution in [2.24, 2.45) is 0 Å². The van der Waals surface area contributed by atoms with Gasteiger partial charge in [-0.25, -0.2) is 4.98 Å². The Kier molecular flexibility index (Phi) is 5.67. The van der Waals surface area contributed by atoms with Crippen molar-refractivity contribution >= 4 is 11.7 Å². The third-order valence-corrected chi connectivity index (χ3v) is 4.38. The number of carbonyl (C=O) groups is 1. The van der Waals surface area contributed by atoms with Crippen LogP contribution in [0.5, 0.6) is 0 Å². The maximum absolute atomic E-state index is 12.7. The van der Waals surface area contributed by atoms with Crippen LogP contribution >= 0.6 is 0 Å². The molecule has 0 unspecified atom stereocenters. The number of rotatable bonds is 6. The number of pyridine rings is 2. The van der Waals surface area contributed by atoms with Gasteiger partial charge in [0.2, 0.25) is 17.6 Å². The molecule has 0 atom stereocenters. The predicted molar refractivity (Wildman–Crippen MR) is 105 cm³/mol. The van der Waals surface area contributed by atoms with Crippen molar-refractivity contribution in [1.29, 1.82) is 0 Å². The van der Waals surface area contributed by atoms with Gasteiger partial charge in [0.1, 0.15) is 5.82 Å². The molecule has 1 N–H and O–H groups in total. The van der Waals surface area contributed by atoms with Crippen LogP contribution < -0.4 is 10.9 Å². The van der Waals surface area contributed by atoms with E-state index in [-0.39, 0.29) is 36.2 Å². The zero-order valence-electron chi connectivity index (χ0n) is 16.4. The van der Waals surface area contributed by atoms with Crippen LogP contribution in [0.4, 0.5) is 5.82 Å². The molecule has 0 aromatic carbocycles. The van der Waals surface area contributed by atoms with Crippen molar-refractivity contribution in [2.75, 3.05) is 5.32 Å². The second-order valence-electron chi connectivity index (χ2n) is 6.89. The van der Waals surface area contributed by atoms with E-state index in [1.807, 2.05) is 45.9 Å². The number of nitrogens with one attached hydrogen (secondary N) is 1. The van der Waals surface area contributed by atoms with Gasteiger partial charge < -0.3 is 14.4 Å². The fourth-order valence-corrected chi connectivity index (χ4v) is 2.95. The normalized spacial score (nSPS) is 11.0. The van der Waals surface area contributed by atoms with E-state index in [2.05, 4.69) is 20.4 Å². The minimum atomic E-state index is -0.195. The summed E-state index contributed by atoms with van der Waals surface area (Å²) in [6.45, 7) is 7.65. The minimum absolute atomic E-state index is 0.0255. The van der Waals surface area contributed by atoms with E-state index in [4.69, 9.17) is 4.52 Å². The lowest BCUT2D eigenvalue weighted by atomic mass is 10.2. The summed E-state index contributed by atoms with van der Waals surface area (Å²) in [5, 5.41) is 6.67. The molecular weight excluding hydrogens is 358 g/mol. The smallest absolute Gasteiger partial charge is 0.262 e. The van der Waals surface area contributed by atoms with Gasteiger partial charge in [-0.2, -0.15) is 4.98 Å². The van der Waals surface area contributed by atoms with Crippen LogP contribution in [-0.2, 0) is 11.2 Å². The highest BCUT2D eigenvalue weighted by Gasteiger charge is 2.16. The first kappa shape index (κ1) is 19.5. The number of amides is 1. The highest BCUT2D eigenvalue weighted by atomic mass is 16.5. The Balaban J connectivity index is 1.70. The number of aryl methyl sites for hydroxylation is 3. The molecule has 0 saturated carbocycles. The van der Waals surface area contributed by atoms with Crippen LogP contribution in [0.25, 0.3) is 11.4 Å². The third kappa shape index (κ3) is 4.16. The number of nitrogens with zero attached hydrogens (tertiary/aromatic N) is 4. The van der Waals surface area contributed by atoms with Gasteiger partial charge in [-0.1, -0.05) is 11.2 Å². The van der Waals surface area contributed by atoms with E-state index in [9.17, 15) is 9.59 Å². The van der Waals surface area contributed by atoms with Gasteiger partial charge in [-0.05, 0) is 51.5 Å². The molecule has 3 aromatic rings. The van der Waals surface area contributed by atoms with Crippen LogP contribution in [-0.4, -0.2) is 25.6 Å². The summed E-state index contributed by atoms with van der Waals surface area (Å²) >= 11 is 0. The molecule has 1 amide bonds. The van der Waals surface area contributed by atoms with E-state index >= 15 is 0 Å². The topological polar surface area (TPSA) is 103 Å². The fourth-order valence-electron chi connectivity index (χ4n) is 2.95. The summed E-state index contributed by atoms with van der Waals surface area (Å²) < 4.78 is 6.91. The SMILES string of the molecule is Cc1cccnc1NC(=O)CCc1nc(-c2ccc(C)n(C(C)C)c2=O)no1. The van der Waals surface area contributed by atoms with Crippen molar-refractivity contribution in [1.82, 2.24) is 19.7 Å². The molecule has 28 heavy (non-hydrogen) atoms. The van der Waals surface area contributed by atoms with E-state index in [0.717, 1.165) is 11.3 Å². The predicted octanol–water partition coefficient (Wildman–Crippen LogP) is 3.06. The van der Waals surface area contributed by atoms with Crippen LogP contribution in [0.2, 0.25) is 0 Å². The molecule has 0 aliphatic heterocycles. The molecule has 3 aromatic heterocycles. The Morgan fingerprint density at radius 2 is 2.04 bits per heavy atom. The third-order valence-electron chi connectivity index (χ3n) is 4.38. The Morgan fingerprint density at radius 1 is 1.25 bits per heavy atom. The maximum Gasteiger partial charge on any atom is 0.262 e. The Morgan fingerprint density at radius 3 is 2.75 bits per heavy atom. The lowest BCUT2D eigenvalue weighted by Gasteiger charge is -2.14. The summed E-state index contributed by atoms with van der Waals surface area (Å²) in [4.78, 5) is 33.3. The van der Waals surface area contributed by atoms with Crippen LogP contribution in [0.3, 0.4) is 0 Å². The molecule has 0 aliphatic rings. The molecule has 3 rings (SSSR count). The van der Waals surface area contributed by atoms with Gasteiger partial charge in [0, 0.05) is 30.8 Å². The number of aromatic nitrogens is 4. The minimum Gasteiger partial charge on any atom is -0.339 e. The first-order valence-corrected chi connectivity index (χ1v) is 9.13. The highest BCUT2D eigenvalue weighted by molar-refractivity contribution is 5.90. The van der Waals surface area contributed by atoms with E-state index in [0.29, 0.717) is 17.3 Å². The number of carbonyl (C=O) groups excluding carboxylic acids is 1. The molecule has 0 spiro atoms. The molecule has 3 heterocycles. The van der Waals surface area contributed by atoms with Crippen molar-refractivity contribution in [3.63, 3.8) is 0 Å². The molecule has 0 radical (unpaired) electrons. The van der Waals surface area contributed by atoms with Crippen molar-refractivity contribution in [3.05, 3.63) is 58.0 Å². The van der Waals surface area contributed by atoms with Crippen LogP contribution in [0.1, 0.15) is 43.5 Å². The molecule has 146 valence electrons. The molecule has 0 bridgehead atoms. The Bertz CT molecular complexity index is 1050. The number of anilines is 1. The van der Waals surface area contributed by atoms with Crippen molar-refractivity contribution in [3.8, 4) is 11.4 Å². The van der Waals surface area contributed by atoms with Gasteiger partial charge in [0.15, 0.2) is 0 Å². The first-order valence-electron chi connectivity index (χ1n) is 9.13. The maximum atomic E-state index is 12.7. The van der Waals surface area contributed by atoms with Gasteiger partial charge in [0.05, 0.1) is 5.56 Å². The zero-order chi connectivity index (χ0) is 20.3. The quantitative estimate of drug-likeness (QED) is 0.704. The molecule has 0 fully saturated rings. The lowest BCUT2D eigenvalue weighted by Crippen LogP contribution is -2.25. The molecule has 0 saturated heterocycles. The summed E-state index contributed by atoms with van der Waals surface area (Å²) in [6.07, 6.45) is 2.06. The standard InChI is InChI=1S/C20H23N5O3/c1-12(2)25-14(4)7-8-15(20(25)27)19-23-17(28-24-19)10-9-16(26)22-18-13(3)6-5-11-21-18/h5-8,11-12H,9-10H2,1-4H3,(H,21,22,26). The Labute approximate surface area is 162 Å². The summed E-state index contributed by atoms with van der Waals surface area (Å²) in [5.74, 6) is 0.876. The molecular formula is C20H23N5O3. The largest absolute Gasteiger partial charge is 0.339 e. The summed E-state index contributed by atoms with van der Waals surface area (Å²) in [5.41, 5.74) is 1.97. The Hall–Kier alpha value is -3.29. The average Bonchev–Trinajstić information content (AvgIpc) is 3.10. The first-order chi connectivity index (χ1) is 13.4. The van der Waals surface area contributed by atoms with Gasteiger partial charge >= 0.3 is 0 Å². The lowest BCUT2D eigenvalue weighted by molar-refractivity contribution is -0.116. The zero-order valence-corrected chi connectivity index (χ0v) is 16.4. The van der Waals surface area contributed by atoms with E-state index < -0.39 is 0 Å². The average molecular weight is 381 g/mol. The van der Waals surface area contributed by atoms with E-state index in [1.54, 1.807) is 16.8 Å². The van der Waals surface area contributed by atoms with Gasteiger partial charge in [0.25, 0.3) is 5.56 Å². The molecule has 8 heteroatoms. The van der Waals surface area contributed by atoms with Crippen molar-refractivity contribution in [2.45, 2.75) is 46.6 Å². The monoisotopic (exact) mass is 381 g/mol. The summed E-state index contributed by atoms with van der Waals surface area (Å²) in [6, 6.07) is 7.26. The molecule has 0 aliphatic carbocycles. The van der Waals surface area contributed by atoms with E-state index in [1.165, 1.54) is 0 Å². The van der Waals surface area contributed by atoms with Gasteiger partial charge in [-0.15, -0.1) is 0 Å². The second-order valence-corrected chi connectivity index (χ2v) is 6.89. The highest BCUT2D eigenvalue weighted by Crippen LogP contribution is 2.16. The fraction of sp³-hybridized carbons (Fsp3) is 0.350. The van der Waals surface area contributed by atoms with Gasteiger partial charge in [-0.3, -0.25) is 9.59 Å². The van der Waals surface area contributed by atoms with Crippen molar-refractivity contribution < 1.29 is 9.32 Å². The number of hydrogen-bond acceptors (Lipinski definition) is 6.